The van der Waals surface area contributed by atoms with Gasteiger partial charge in [-0.2, -0.15) is 0 Å². The number of fused-ring (bicyclic) bond motifs is 2. The quantitative estimate of drug-likeness (QED) is 0.411. The summed E-state index contributed by atoms with van der Waals surface area (Å²) < 4.78 is 18.5. The molecular weight excluding hydrogens is 488 g/mol. The van der Waals surface area contributed by atoms with Crippen molar-refractivity contribution in [3.8, 4) is 11.5 Å². The fourth-order valence-corrected chi connectivity index (χ4v) is 4.31. The fraction of sp³-hybridized carbons (Fsp3) is 0.370. The molecular formula is C27H30N6O5. The highest BCUT2D eigenvalue weighted by Gasteiger charge is 2.30. The molecule has 0 radical (unpaired) electrons. The van der Waals surface area contributed by atoms with E-state index in [1.165, 1.54) is 0 Å². The fourth-order valence-electron chi connectivity index (χ4n) is 4.31. The predicted octanol–water partition coefficient (Wildman–Crippen LogP) is 3.60. The number of likely N-dealkylation sites (tertiary alicyclic amines) is 1. The lowest BCUT2D eigenvalue weighted by molar-refractivity contribution is 0.0290. The van der Waals surface area contributed by atoms with Gasteiger partial charge in [0.25, 0.3) is 5.91 Å². The van der Waals surface area contributed by atoms with Crippen molar-refractivity contribution in [2.75, 3.05) is 20.2 Å². The van der Waals surface area contributed by atoms with Crippen LogP contribution in [0.5, 0.6) is 11.5 Å². The van der Waals surface area contributed by atoms with Crippen LogP contribution in [-0.4, -0.2) is 68.3 Å². The molecule has 11 heteroatoms. The second-order valence-corrected chi connectivity index (χ2v) is 10.1. The number of pyridine rings is 2. The lowest BCUT2D eigenvalue weighted by atomic mass is 10.2. The van der Waals surface area contributed by atoms with Crippen LogP contribution >= 0.6 is 0 Å². The monoisotopic (exact) mass is 518 g/mol. The molecule has 1 atom stereocenters. The number of amides is 2. The van der Waals surface area contributed by atoms with E-state index in [2.05, 4.69) is 20.5 Å². The Morgan fingerprint density at radius 3 is 2.76 bits per heavy atom. The molecule has 11 nitrogen and oxygen atoms in total. The van der Waals surface area contributed by atoms with Crippen LogP contribution in [0.1, 0.15) is 43.4 Å². The number of carbonyl (C=O) groups is 2. The van der Waals surface area contributed by atoms with E-state index in [0.717, 1.165) is 10.9 Å². The Labute approximate surface area is 219 Å². The molecule has 1 aliphatic heterocycles. The third kappa shape index (κ3) is 5.46. The largest absolute Gasteiger partial charge is 0.497 e. The molecule has 1 N–H and O–H groups in total. The number of rotatable bonds is 6. The number of hydrogen-bond donors (Lipinski definition) is 1. The van der Waals surface area contributed by atoms with E-state index in [1.54, 1.807) is 47.0 Å². The number of hydrogen-bond acceptors (Lipinski definition) is 8. The van der Waals surface area contributed by atoms with Crippen molar-refractivity contribution < 1.29 is 23.8 Å². The first-order chi connectivity index (χ1) is 18.2. The van der Waals surface area contributed by atoms with Crippen molar-refractivity contribution in [2.24, 2.45) is 0 Å². The number of ether oxygens (including phenoxy) is 3. The van der Waals surface area contributed by atoms with Gasteiger partial charge in [0, 0.05) is 43.0 Å². The molecule has 4 aromatic rings. The first kappa shape index (κ1) is 25.2. The van der Waals surface area contributed by atoms with Gasteiger partial charge < -0.3 is 24.4 Å². The first-order valence-corrected chi connectivity index (χ1v) is 12.4. The Balaban J connectivity index is 1.26. The summed E-state index contributed by atoms with van der Waals surface area (Å²) in [6.45, 7) is 6.57. The number of nitrogens with zero attached hydrogens (tertiary/aromatic N) is 5. The van der Waals surface area contributed by atoms with Crippen LogP contribution in [0.4, 0.5) is 4.79 Å². The summed E-state index contributed by atoms with van der Waals surface area (Å²) in [6.07, 6.45) is 3.66. The van der Waals surface area contributed by atoms with Crippen molar-refractivity contribution in [3.05, 3.63) is 60.2 Å². The van der Waals surface area contributed by atoms with E-state index in [9.17, 15) is 9.59 Å². The van der Waals surface area contributed by atoms with Crippen LogP contribution in [0.3, 0.4) is 0 Å². The zero-order valence-electron chi connectivity index (χ0n) is 21.8. The zero-order chi connectivity index (χ0) is 26.9. The number of aromatic nitrogens is 4. The van der Waals surface area contributed by atoms with Crippen LogP contribution < -0.4 is 14.8 Å². The summed E-state index contributed by atoms with van der Waals surface area (Å²) in [5.41, 5.74) is 1.24. The highest BCUT2D eigenvalue weighted by Crippen LogP contribution is 2.27. The van der Waals surface area contributed by atoms with Crippen LogP contribution in [-0.2, 0) is 11.3 Å². The maximum atomic E-state index is 13.0. The zero-order valence-corrected chi connectivity index (χ0v) is 21.8. The van der Waals surface area contributed by atoms with Crippen LogP contribution in [0, 0.1) is 0 Å². The summed E-state index contributed by atoms with van der Waals surface area (Å²) in [7, 11) is 1.61. The number of nitrogens with one attached hydrogen (secondary N) is 1. The molecule has 1 fully saturated rings. The van der Waals surface area contributed by atoms with E-state index in [1.807, 2.05) is 39.0 Å². The SMILES string of the molecule is COc1ccc2c(OCc3nnc4ccc(C(=O)N[C@H]5CCN(C(=O)OC(C)(C)C)C5)cn34)ccnc2c1. The molecule has 38 heavy (non-hydrogen) atoms. The third-order valence-corrected chi connectivity index (χ3v) is 6.18. The van der Waals surface area contributed by atoms with Gasteiger partial charge in [0.1, 0.15) is 23.7 Å². The molecule has 0 spiro atoms. The third-order valence-electron chi connectivity index (χ3n) is 6.18. The summed E-state index contributed by atoms with van der Waals surface area (Å²) >= 11 is 0. The Hall–Kier alpha value is -4.41. The Kier molecular flexibility index (Phi) is 6.75. The minimum atomic E-state index is -0.563. The molecule has 1 aliphatic rings. The van der Waals surface area contributed by atoms with Gasteiger partial charge in [0.05, 0.1) is 18.2 Å². The molecule has 198 valence electrons. The molecule has 1 saturated heterocycles. The van der Waals surface area contributed by atoms with Crippen LogP contribution in [0.2, 0.25) is 0 Å². The highest BCUT2D eigenvalue weighted by atomic mass is 16.6. The van der Waals surface area contributed by atoms with Gasteiger partial charge >= 0.3 is 6.09 Å². The minimum absolute atomic E-state index is 0.144. The maximum Gasteiger partial charge on any atom is 0.410 e. The lowest BCUT2D eigenvalue weighted by Crippen LogP contribution is -2.40. The summed E-state index contributed by atoms with van der Waals surface area (Å²) in [5.74, 6) is 1.67. The van der Waals surface area contributed by atoms with Gasteiger partial charge in [-0.15, -0.1) is 10.2 Å². The Morgan fingerprint density at radius 2 is 1.97 bits per heavy atom. The second-order valence-electron chi connectivity index (χ2n) is 10.1. The van der Waals surface area contributed by atoms with Crippen molar-refractivity contribution in [1.82, 2.24) is 29.8 Å². The topological polar surface area (TPSA) is 120 Å². The van der Waals surface area contributed by atoms with Crippen molar-refractivity contribution in [1.29, 1.82) is 0 Å². The molecule has 0 aliphatic carbocycles. The van der Waals surface area contributed by atoms with Crippen molar-refractivity contribution in [2.45, 2.75) is 45.4 Å². The van der Waals surface area contributed by atoms with Gasteiger partial charge in [-0.25, -0.2) is 4.79 Å². The molecule has 0 bridgehead atoms. The highest BCUT2D eigenvalue weighted by molar-refractivity contribution is 5.94. The molecule has 0 unspecified atom stereocenters. The normalized spacial score (nSPS) is 15.6. The van der Waals surface area contributed by atoms with E-state index in [4.69, 9.17) is 14.2 Å². The molecule has 1 aromatic carbocycles. The van der Waals surface area contributed by atoms with Crippen molar-refractivity contribution in [3.63, 3.8) is 0 Å². The Morgan fingerprint density at radius 1 is 1.13 bits per heavy atom. The minimum Gasteiger partial charge on any atom is -0.497 e. The average molecular weight is 519 g/mol. The summed E-state index contributed by atoms with van der Waals surface area (Å²) in [4.78, 5) is 31.3. The molecule has 4 heterocycles. The Bertz CT molecular complexity index is 1490. The van der Waals surface area contributed by atoms with Crippen LogP contribution in [0.15, 0.2) is 48.8 Å². The summed E-state index contributed by atoms with van der Waals surface area (Å²) in [6, 6.07) is 10.7. The number of benzene rings is 1. The number of methoxy groups -OCH3 is 1. The lowest BCUT2D eigenvalue weighted by Gasteiger charge is -2.24. The van der Waals surface area contributed by atoms with Crippen LogP contribution in [0.25, 0.3) is 16.6 Å². The van der Waals surface area contributed by atoms with E-state index < -0.39 is 5.60 Å². The van der Waals surface area contributed by atoms with Gasteiger partial charge in [-0.3, -0.25) is 14.2 Å². The second kappa shape index (κ2) is 10.2. The van der Waals surface area contributed by atoms with E-state index in [-0.39, 0.29) is 24.6 Å². The standard InChI is InChI=1S/C27H30N6O5/c1-27(2,3)38-26(35)32-12-10-18(15-32)29-25(34)17-5-8-23-30-31-24(33(23)14-17)16-37-22-9-11-28-21-13-19(36-4)6-7-20(21)22/h5-9,11,13-14,18H,10,12,15-16H2,1-4H3,(H,29,34)/t18-/m0/s1. The molecule has 2 amide bonds. The van der Waals surface area contributed by atoms with Crippen molar-refractivity contribution >= 4 is 28.6 Å². The van der Waals surface area contributed by atoms with Gasteiger partial charge in [0.2, 0.25) is 0 Å². The average Bonchev–Trinajstić information content (AvgIpc) is 3.52. The molecule has 3 aromatic heterocycles. The first-order valence-electron chi connectivity index (χ1n) is 12.4. The predicted molar refractivity (Wildman–Crippen MR) is 139 cm³/mol. The maximum absolute atomic E-state index is 13.0. The molecule has 0 saturated carbocycles. The summed E-state index contributed by atoms with van der Waals surface area (Å²) in [5, 5.41) is 12.3. The number of carbonyl (C=O) groups excluding carboxylic acids is 2. The van der Waals surface area contributed by atoms with E-state index in [0.29, 0.717) is 48.0 Å². The van der Waals surface area contributed by atoms with Gasteiger partial charge in [-0.1, -0.05) is 0 Å². The van der Waals surface area contributed by atoms with E-state index >= 15 is 0 Å². The van der Waals surface area contributed by atoms with Gasteiger partial charge in [0.15, 0.2) is 11.5 Å². The smallest absolute Gasteiger partial charge is 0.410 e. The molecule has 5 rings (SSSR count). The van der Waals surface area contributed by atoms with Gasteiger partial charge in [-0.05, 0) is 57.5 Å².